The summed E-state index contributed by atoms with van der Waals surface area (Å²) in [4.78, 5) is 22.0. The van der Waals surface area contributed by atoms with Gasteiger partial charge in [0.2, 0.25) is 5.12 Å². The average molecular weight is 352 g/mol. The molecule has 0 aliphatic rings. The lowest BCUT2D eigenvalue weighted by Crippen LogP contribution is -2.04. The van der Waals surface area contributed by atoms with E-state index in [2.05, 4.69) is 12.6 Å². The second-order valence-electron chi connectivity index (χ2n) is 4.98. The van der Waals surface area contributed by atoms with E-state index in [0.29, 0.717) is 5.56 Å². The van der Waals surface area contributed by atoms with Crippen LogP contribution in [0.5, 0.6) is 0 Å². The Morgan fingerprint density at radius 3 is 2.35 bits per heavy atom. The van der Waals surface area contributed by atoms with Crippen LogP contribution in [-0.2, 0) is 16.0 Å². The summed E-state index contributed by atoms with van der Waals surface area (Å²) in [6.07, 6.45) is 0.812. The minimum Gasteiger partial charge on any atom is -0.481 e. The molecule has 1 aromatic heterocycles. The molecule has 0 unspecified atom stereocenters. The number of carboxylic acid groups (broad SMARTS) is 1. The van der Waals surface area contributed by atoms with E-state index in [1.54, 1.807) is 23.5 Å². The lowest BCUT2D eigenvalue weighted by atomic mass is 10.1. The molecule has 124 valence electrons. The highest BCUT2D eigenvalue weighted by molar-refractivity contribution is 7.96. The van der Waals surface area contributed by atoms with Gasteiger partial charge in [0.1, 0.15) is 6.10 Å². The third-order valence-corrected chi connectivity index (χ3v) is 4.20. The van der Waals surface area contributed by atoms with Gasteiger partial charge in [0.05, 0.1) is 0 Å². The highest BCUT2D eigenvalue weighted by Crippen LogP contribution is 2.15. The van der Waals surface area contributed by atoms with Crippen molar-refractivity contribution in [3.05, 3.63) is 57.8 Å². The number of aliphatic hydroxyl groups is 1. The summed E-state index contributed by atoms with van der Waals surface area (Å²) in [7, 11) is 0. The van der Waals surface area contributed by atoms with E-state index < -0.39 is 17.2 Å². The zero-order valence-corrected chi connectivity index (χ0v) is 14.5. The molecule has 0 radical (unpaired) electrons. The monoisotopic (exact) mass is 352 g/mol. The number of aliphatic carboxylic acids is 1. The number of carbonyl (C=O) groups excluding carboxylic acids is 1. The second-order valence-corrected chi connectivity index (χ2v) is 6.45. The molecule has 0 aliphatic carbocycles. The zero-order chi connectivity index (χ0) is 17.2. The van der Waals surface area contributed by atoms with Gasteiger partial charge >= 0.3 is 5.97 Å². The molecular formula is C17H20O4S2. The Morgan fingerprint density at radius 1 is 1.22 bits per heavy atom. The molecule has 2 aromatic rings. The zero-order valence-electron chi connectivity index (χ0n) is 12.8. The van der Waals surface area contributed by atoms with E-state index in [0.717, 1.165) is 18.4 Å². The maximum absolute atomic E-state index is 10.6. The fourth-order valence-electron chi connectivity index (χ4n) is 1.76. The maximum atomic E-state index is 10.6. The number of hydrogen-bond donors (Lipinski definition) is 3. The van der Waals surface area contributed by atoms with Crippen LogP contribution in [0.25, 0.3) is 0 Å². The molecule has 1 atom stereocenters. The van der Waals surface area contributed by atoms with Crippen molar-refractivity contribution >= 4 is 35.1 Å². The van der Waals surface area contributed by atoms with Crippen LogP contribution in [0.1, 0.15) is 34.9 Å². The SMILES string of the molecule is Cc1ccc([C@H](O)C(=O)S)cc1.O=C(O)CCCc1cccs1. The van der Waals surface area contributed by atoms with Crippen molar-refractivity contribution in [1.82, 2.24) is 0 Å². The van der Waals surface area contributed by atoms with Crippen molar-refractivity contribution in [2.75, 3.05) is 0 Å². The molecule has 0 spiro atoms. The van der Waals surface area contributed by atoms with Crippen LogP contribution in [0.15, 0.2) is 41.8 Å². The third kappa shape index (κ3) is 7.97. The summed E-state index contributed by atoms with van der Waals surface area (Å²) in [6, 6.07) is 11.1. The highest BCUT2D eigenvalue weighted by Gasteiger charge is 2.12. The summed E-state index contributed by atoms with van der Waals surface area (Å²) >= 11 is 5.22. The molecule has 0 saturated carbocycles. The van der Waals surface area contributed by atoms with Crippen LogP contribution in [0.2, 0.25) is 0 Å². The number of carbonyl (C=O) groups is 2. The first-order chi connectivity index (χ1) is 10.9. The molecule has 23 heavy (non-hydrogen) atoms. The molecule has 1 heterocycles. The molecule has 2 rings (SSSR count). The van der Waals surface area contributed by atoms with Gasteiger partial charge in [0.25, 0.3) is 0 Å². The number of rotatable bonds is 6. The number of thiophene rings is 1. The standard InChI is InChI=1S/C9H10O2S.C8H10O2S/c1-6-2-4-7(5-3-6)8(10)9(11)12;9-8(10)5-1-3-7-4-2-6-11-7/h2-5,8,10H,1H3,(H,11,12);2,4,6H,1,3,5H2,(H,9,10)/t8-;/m0./s1. The van der Waals surface area contributed by atoms with Gasteiger partial charge in [0.15, 0.2) is 0 Å². The van der Waals surface area contributed by atoms with Gasteiger partial charge in [-0.05, 0) is 36.8 Å². The fraction of sp³-hybridized carbons (Fsp3) is 0.294. The molecule has 0 aliphatic heterocycles. The Morgan fingerprint density at radius 2 is 1.87 bits per heavy atom. The van der Waals surface area contributed by atoms with Crippen LogP contribution in [0.4, 0.5) is 0 Å². The molecular weight excluding hydrogens is 332 g/mol. The average Bonchev–Trinajstić information content (AvgIpc) is 3.01. The van der Waals surface area contributed by atoms with Gasteiger partial charge in [0, 0.05) is 11.3 Å². The lowest BCUT2D eigenvalue weighted by Gasteiger charge is -2.05. The number of aliphatic hydroxyl groups excluding tert-OH is 1. The Balaban J connectivity index is 0.000000231. The van der Waals surface area contributed by atoms with E-state index in [9.17, 15) is 14.7 Å². The smallest absolute Gasteiger partial charge is 0.303 e. The normalized spacial score (nSPS) is 11.3. The minimum absolute atomic E-state index is 0.276. The Labute approximate surface area is 145 Å². The Bertz CT molecular complexity index is 606. The van der Waals surface area contributed by atoms with E-state index in [1.807, 2.05) is 36.6 Å². The van der Waals surface area contributed by atoms with Gasteiger partial charge in [-0.15, -0.1) is 24.0 Å². The van der Waals surface area contributed by atoms with Gasteiger partial charge in [-0.2, -0.15) is 0 Å². The summed E-state index contributed by atoms with van der Waals surface area (Å²) in [5.41, 5.74) is 1.68. The Hall–Kier alpha value is -1.63. The van der Waals surface area contributed by atoms with Crippen molar-refractivity contribution in [2.45, 2.75) is 32.3 Å². The Kier molecular flexibility index (Phi) is 8.61. The van der Waals surface area contributed by atoms with Crippen molar-refractivity contribution in [1.29, 1.82) is 0 Å². The lowest BCUT2D eigenvalue weighted by molar-refractivity contribution is -0.137. The number of benzene rings is 1. The van der Waals surface area contributed by atoms with E-state index in [4.69, 9.17) is 5.11 Å². The summed E-state index contributed by atoms with van der Waals surface area (Å²) < 4.78 is 0. The van der Waals surface area contributed by atoms with Crippen molar-refractivity contribution in [3.8, 4) is 0 Å². The first-order valence-corrected chi connectivity index (χ1v) is 8.44. The third-order valence-electron chi connectivity index (χ3n) is 3.02. The molecule has 0 saturated heterocycles. The van der Waals surface area contributed by atoms with Crippen LogP contribution in [-0.4, -0.2) is 21.3 Å². The molecule has 2 N–H and O–H groups in total. The van der Waals surface area contributed by atoms with Gasteiger partial charge in [-0.1, -0.05) is 35.9 Å². The highest BCUT2D eigenvalue weighted by atomic mass is 32.1. The minimum atomic E-state index is -1.10. The first-order valence-electron chi connectivity index (χ1n) is 7.11. The predicted octanol–water partition coefficient (Wildman–Crippen LogP) is 3.64. The van der Waals surface area contributed by atoms with Gasteiger partial charge in [-0.3, -0.25) is 9.59 Å². The number of aryl methyl sites for hydroxylation is 2. The quantitative estimate of drug-likeness (QED) is 0.694. The van der Waals surface area contributed by atoms with E-state index >= 15 is 0 Å². The van der Waals surface area contributed by atoms with Crippen LogP contribution < -0.4 is 0 Å². The molecule has 0 fully saturated rings. The predicted molar refractivity (Wildman–Crippen MR) is 95.0 cm³/mol. The molecule has 0 bridgehead atoms. The summed E-state index contributed by atoms with van der Waals surface area (Å²) in [5.74, 6) is -0.707. The fourth-order valence-corrected chi connectivity index (χ4v) is 2.66. The maximum Gasteiger partial charge on any atom is 0.303 e. The molecule has 6 heteroatoms. The molecule has 4 nitrogen and oxygen atoms in total. The van der Waals surface area contributed by atoms with Gasteiger partial charge in [-0.25, -0.2) is 0 Å². The van der Waals surface area contributed by atoms with Crippen LogP contribution in [0, 0.1) is 6.92 Å². The van der Waals surface area contributed by atoms with Crippen molar-refractivity contribution < 1.29 is 19.8 Å². The van der Waals surface area contributed by atoms with Gasteiger partial charge < -0.3 is 10.2 Å². The topological polar surface area (TPSA) is 74.6 Å². The van der Waals surface area contributed by atoms with Crippen LogP contribution >= 0.6 is 24.0 Å². The van der Waals surface area contributed by atoms with Crippen molar-refractivity contribution in [2.24, 2.45) is 0 Å². The first kappa shape index (κ1) is 19.4. The number of carboxylic acids is 1. The summed E-state index contributed by atoms with van der Waals surface area (Å²) in [5, 5.41) is 19.1. The van der Waals surface area contributed by atoms with Crippen LogP contribution in [0.3, 0.4) is 0 Å². The van der Waals surface area contributed by atoms with E-state index in [1.165, 1.54) is 4.88 Å². The molecule has 1 aromatic carbocycles. The number of hydrogen-bond acceptors (Lipinski definition) is 4. The molecule has 0 amide bonds. The largest absolute Gasteiger partial charge is 0.481 e. The second kappa shape index (κ2) is 10.2. The summed E-state index contributed by atoms with van der Waals surface area (Å²) in [6.45, 7) is 1.94. The number of thiol groups is 1. The van der Waals surface area contributed by atoms with Crippen molar-refractivity contribution in [3.63, 3.8) is 0 Å². The van der Waals surface area contributed by atoms with E-state index in [-0.39, 0.29) is 6.42 Å².